The van der Waals surface area contributed by atoms with Crippen LogP contribution in [0.3, 0.4) is 0 Å². The first kappa shape index (κ1) is 17.1. The molecule has 1 aliphatic heterocycles. The van der Waals surface area contributed by atoms with E-state index in [0.717, 1.165) is 18.7 Å². The monoisotopic (exact) mass is 341 g/mol. The fourth-order valence-corrected chi connectivity index (χ4v) is 3.03. The van der Waals surface area contributed by atoms with Crippen molar-refractivity contribution in [2.45, 2.75) is 39.8 Å². The second-order valence-electron chi connectivity index (χ2n) is 6.18. The first-order chi connectivity index (χ1) is 12.1. The van der Waals surface area contributed by atoms with Crippen LogP contribution in [0.1, 0.15) is 31.7 Å². The lowest BCUT2D eigenvalue weighted by molar-refractivity contribution is -0.126. The Bertz CT molecular complexity index is 753. The van der Waals surface area contributed by atoms with Gasteiger partial charge in [-0.05, 0) is 31.0 Å². The molecule has 1 fully saturated rings. The van der Waals surface area contributed by atoms with Crippen molar-refractivity contribution >= 4 is 17.5 Å². The third-order valence-corrected chi connectivity index (χ3v) is 4.61. The maximum Gasteiger partial charge on any atom is 0.227 e. The van der Waals surface area contributed by atoms with Crippen LogP contribution in [0.25, 0.3) is 0 Å². The molecule has 132 valence electrons. The number of aryl methyl sites for hydroxylation is 2. The summed E-state index contributed by atoms with van der Waals surface area (Å²) in [5.74, 6) is 0.247. The van der Waals surface area contributed by atoms with Gasteiger partial charge in [-0.1, -0.05) is 19.1 Å². The first-order valence-corrected chi connectivity index (χ1v) is 8.66. The smallest absolute Gasteiger partial charge is 0.227 e. The van der Waals surface area contributed by atoms with Crippen LogP contribution in [-0.4, -0.2) is 33.1 Å². The minimum absolute atomic E-state index is 0.0128. The molecule has 0 spiro atoms. The standard InChI is InChI=1S/C18H23N5O2/c1-3-13-5-7-15(8-6-13)23-11-14(9-17(23)24)18(25)19-10-16-21-20-12-22(16)4-2/h5-8,12,14H,3-4,9-11H2,1-2H3,(H,19,25). The van der Waals surface area contributed by atoms with Crippen LogP contribution in [0.4, 0.5) is 5.69 Å². The van der Waals surface area contributed by atoms with Crippen molar-refractivity contribution in [3.05, 3.63) is 42.0 Å². The number of aromatic nitrogens is 3. The van der Waals surface area contributed by atoms with Crippen LogP contribution in [0.5, 0.6) is 0 Å². The fourth-order valence-electron chi connectivity index (χ4n) is 3.03. The van der Waals surface area contributed by atoms with Crippen LogP contribution in [-0.2, 0) is 29.1 Å². The second kappa shape index (κ2) is 7.46. The molecule has 3 rings (SSSR count). The highest BCUT2D eigenvalue weighted by Crippen LogP contribution is 2.25. The van der Waals surface area contributed by atoms with Crippen molar-refractivity contribution in [1.29, 1.82) is 0 Å². The normalized spacial score (nSPS) is 17.1. The SMILES string of the molecule is CCc1ccc(N2CC(C(=O)NCc3nncn3CC)CC2=O)cc1. The predicted octanol–water partition coefficient (Wildman–Crippen LogP) is 1.53. The molecule has 2 aromatic rings. The zero-order valence-corrected chi connectivity index (χ0v) is 14.6. The van der Waals surface area contributed by atoms with Gasteiger partial charge in [-0.3, -0.25) is 9.59 Å². The molecule has 0 saturated carbocycles. The van der Waals surface area contributed by atoms with Crippen molar-refractivity contribution < 1.29 is 9.59 Å². The number of nitrogens with one attached hydrogen (secondary N) is 1. The summed E-state index contributed by atoms with van der Waals surface area (Å²) in [7, 11) is 0. The largest absolute Gasteiger partial charge is 0.348 e. The summed E-state index contributed by atoms with van der Waals surface area (Å²) in [5, 5.41) is 10.7. The van der Waals surface area contributed by atoms with Crippen molar-refractivity contribution in [1.82, 2.24) is 20.1 Å². The molecule has 0 radical (unpaired) electrons. The van der Waals surface area contributed by atoms with Gasteiger partial charge in [-0.25, -0.2) is 0 Å². The lowest BCUT2D eigenvalue weighted by atomic mass is 10.1. The molecular weight excluding hydrogens is 318 g/mol. The summed E-state index contributed by atoms with van der Waals surface area (Å²) >= 11 is 0. The molecule has 1 aromatic carbocycles. The molecule has 1 unspecified atom stereocenters. The van der Waals surface area contributed by atoms with Crippen molar-refractivity contribution in [2.75, 3.05) is 11.4 Å². The second-order valence-corrected chi connectivity index (χ2v) is 6.18. The van der Waals surface area contributed by atoms with Crippen molar-refractivity contribution in [3.8, 4) is 0 Å². The van der Waals surface area contributed by atoms with Gasteiger partial charge in [0, 0.05) is 25.2 Å². The van der Waals surface area contributed by atoms with E-state index in [1.54, 1.807) is 11.2 Å². The van der Waals surface area contributed by atoms with E-state index in [2.05, 4.69) is 22.4 Å². The third kappa shape index (κ3) is 3.70. The number of amides is 2. The van der Waals surface area contributed by atoms with Gasteiger partial charge in [0.1, 0.15) is 6.33 Å². The topological polar surface area (TPSA) is 80.1 Å². The lowest BCUT2D eigenvalue weighted by Gasteiger charge is -2.17. The maximum absolute atomic E-state index is 12.4. The quantitative estimate of drug-likeness (QED) is 0.864. The molecular formula is C18H23N5O2. The van der Waals surface area contributed by atoms with Crippen molar-refractivity contribution in [2.24, 2.45) is 5.92 Å². The molecule has 2 heterocycles. The fraction of sp³-hybridized carbons (Fsp3) is 0.444. The molecule has 2 amide bonds. The van der Waals surface area contributed by atoms with Crippen molar-refractivity contribution in [3.63, 3.8) is 0 Å². The molecule has 1 N–H and O–H groups in total. The van der Waals surface area contributed by atoms with Crippen LogP contribution >= 0.6 is 0 Å². The molecule has 1 atom stereocenters. The molecule has 0 aliphatic carbocycles. The van der Waals surface area contributed by atoms with Gasteiger partial charge in [-0.15, -0.1) is 10.2 Å². The Morgan fingerprint density at radius 3 is 2.72 bits per heavy atom. The van der Waals surface area contributed by atoms with Gasteiger partial charge in [-0.2, -0.15) is 0 Å². The average Bonchev–Trinajstić information content (AvgIpc) is 3.26. The van der Waals surface area contributed by atoms with Gasteiger partial charge < -0.3 is 14.8 Å². The summed E-state index contributed by atoms with van der Waals surface area (Å²) in [6.45, 7) is 5.57. The van der Waals surface area contributed by atoms with E-state index in [1.165, 1.54) is 5.56 Å². The van der Waals surface area contributed by atoms with E-state index >= 15 is 0 Å². The molecule has 0 bridgehead atoms. The number of anilines is 1. The van der Waals surface area contributed by atoms with Crippen LogP contribution in [0.15, 0.2) is 30.6 Å². The highest BCUT2D eigenvalue weighted by atomic mass is 16.2. The molecule has 1 aromatic heterocycles. The minimum Gasteiger partial charge on any atom is -0.348 e. The molecule has 7 nitrogen and oxygen atoms in total. The number of carbonyl (C=O) groups excluding carboxylic acids is 2. The van der Waals surface area contributed by atoms with Gasteiger partial charge in [0.15, 0.2) is 5.82 Å². The summed E-state index contributed by atoms with van der Waals surface area (Å²) in [5.41, 5.74) is 2.08. The van der Waals surface area contributed by atoms with Crippen LogP contribution in [0.2, 0.25) is 0 Å². The number of hydrogen-bond donors (Lipinski definition) is 1. The Hall–Kier alpha value is -2.70. The summed E-state index contributed by atoms with van der Waals surface area (Å²) < 4.78 is 1.88. The highest BCUT2D eigenvalue weighted by molar-refractivity contribution is 6.00. The molecule has 25 heavy (non-hydrogen) atoms. The highest BCUT2D eigenvalue weighted by Gasteiger charge is 2.35. The van der Waals surface area contributed by atoms with Crippen LogP contribution in [0, 0.1) is 5.92 Å². The van der Waals surface area contributed by atoms with Gasteiger partial charge >= 0.3 is 0 Å². The van der Waals surface area contributed by atoms with E-state index in [4.69, 9.17) is 0 Å². The Morgan fingerprint density at radius 2 is 2.04 bits per heavy atom. The van der Waals surface area contributed by atoms with Gasteiger partial charge in [0.05, 0.1) is 12.5 Å². The summed E-state index contributed by atoms with van der Waals surface area (Å²) in [4.78, 5) is 26.4. The third-order valence-electron chi connectivity index (χ3n) is 4.61. The number of hydrogen-bond acceptors (Lipinski definition) is 4. The zero-order chi connectivity index (χ0) is 17.8. The number of rotatable bonds is 6. The van der Waals surface area contributed by atoms with E-state index in [0.29, 0.717) is 18.9 Å². The van der Waals surface area contributed by atoms with E-state index < -0.39 is 0 Å². The minimum atomic E-state index is -0.337. The average molecular weight is 341 g/mol. The maximum atomic E-state index is 12.4. The van der Waals surface area contributed by atoms with Crippen LogP contribution < -0.4 is 10.2 Å². The Balaban J connectivity index is 1.60. The predicted molar refractivity (Wildman–Crippen MR) is 93.8 cm³/mol. The Morgan fingerprint density at radius 1 is 1.28 bits per heavy atom. The van der Waals surface area contributed by atoms with E-state index in [9.17, 15) is 9.59 Å². The number of nitrogens with zero attached hydrogens (tertiary/aromatic N) is 4. The number of benzene rings is 1. The molecule has 7 heteroatoms. The Kier molecular flexibility index (Phi) is 5.11. The summed E-state index contributed by atoms with van der Waals surface area (Å²) in [6, 6.07) is 7.93. The lowest BCUT2D eigenvalue weighted by Crippen LogP contribution is -2.33. The van der Waals surface area contributed by atoms with Gasteiger partial charge in [0.25, 0.3) is 0 Å². The van der Waals surface area contributed by atoms with E-state index in [1.807, 2.05) is 35.8 Å². The summed E-state index contributed by atoms with van der Waals surface area (Å²) in [6.07, 6.45) is 2.84. The molecule has 1 aliphatic rings. The zero-order valence-electron chi connectivity index (χ0n) is 14.6. The van der Waals surface area contributed by atoms with E-state index in [-0.39, 0.29) is 24.2 Å². The first-order valence-electron chi connectivity index (χ1n) is 8.66. The number of carbonyl (C=O) groups is 2. The molecule has 1 saturated heterocycles. The Labute approximate surface area is 147 Å². The van der Waals surface area contributed by atoms with Gasteiger partial charge in [0.2, 0.25) is 11.8 Å².